The van der Waals surface area contributed by atoms with E-state index in [1.165, 1.54) is 24.9 Å². The van der Waals surface area contributed by atoms with Crippen LogP contribution in [0.5, 0.6) is 5.75 Å². The van der Waals surface area contributed by atoms with Gasteiger partial charge in [-0.2, -0.15) is 0 Å². The highest BCUT2D eigenvalue weighted by Gasteiger charge is 2.53. The van der Waals surface area contributed by atoms with Crippen LogP contribution in [-0.2, 0) is 9.31 Å². The van der Waals surface area contributed by atoms with Gasteiger partial charge in [0.25, 0.3) is 0 Å². The molecular formula is C14H19BF2O3S. The SMILES string of the molecule is COc1cc(SC)c(F)c(B2OC(C)(C)C(C)(C)O2)c1F. The van der Waals surface area contributed by atoms with E-state index in [2.05, 4.69) is 0 Å². The Hall–Kier alpha value is -0.785. The third-order valence-electron chi connectivity index (χ3n) is 4.10. The highest BCUT2D eigenvalue weighted by molar-refractivity contribution is 7.98. The Morgan fingerprint density at radius 2 is 1.62 bits per heavy atom. The van der Waals surface area contributed by atoms with Crippen molar-refractivity contribution in [1.82, 2.24) is 0 Å². The smallest absolute Gasteiger partial charge is 0.494 e. The van der Waals surface area contributed by atoms with Crippen LogP contribution in [0.25, 0.3) is 0 Å². The predicted molar refractivity (Wildman–Crippen MR) is 80.4 cm³/mol. The number of halogens is 2. The molecule has 0 aromatic heterocycles. The zero-order chi connectivity index (χ0) is 16.0. The summed E-state index contributed by atoms with van der Waals surface area (Å²) in [6.45, 7) is 7.33. The summed E-state index contributed by atoms with van der Waals surface area (Å²) in [5.74, 6) is -1.48. The van der Waals surface area contributed by atoms with Crippen LogP contribution in [0, 0.1) is 11.6 Å². The maximum atomic E-state index is 14.5. The van der Waals surface area contributed by atoms with Gasteiger partial charge < -0.3 is 14.0 Å². The third-order valence-corrected chi connectivity index (χ3v) is 4.83. The fraction of sp³-hybridized carbons (Fsp3) is 0.571. The van der Waals surface area contributed by atoms with Crippen molar-refractivity contribution in [3.8, 4) is 5.75 Å². The Morgan fingerprint density at radius 1 is 1.10 bits per heavy atom. The lowest BCUT2D eigenvalue weighted by Gasteiger charge is -2.32. The number of hydrogen-bond donors (Lipinski definition) is 0. The van der Waals surface area contributed by atoms with Gasteiger partial charge in [-0.3, -0.25) is 0 Å². The summed E-state index contributed by atoms with van der Waals surface area (Å²) in [5.41, 5.74) is -1.57. The average molecular weight is 316 g/mol. The van der Waals surface area contributed by atoms with E-state index in [-0.39, 0.29) is 16.1 Å². The molecule has 1 fully saturated rings. The highest BCUT2D eigenvalue weighted by atomic mass is 32.2. The highest BCUT2D eigenvalue weighted by Crippen LogP contribution is 2.38. The van der Waals surface area contributed by atoms with Gasteiger partial charge in [-0.1, -0.05) is 0 Å². The van der Waals surface area contributed by atoms with Crippen LogP contribution < -0.4 is 10.2 Å². The molecule has 0 atom stereocenters. The monoisotopic (exact) mass is 316 g/mol. The van der Waals surface area contributed by atoms with Crippen molar-refractivity contribution in [3.05, 3.63) is 17.7 Å². The lowest BCUT2D eigenvalue weighted by Crippen LogP contribution is -2.41. The molecule has 1 aliphatic rings. The van der Waals surface area contributed by atoms with E-state index in [0.29, 0.717) is 0 Å². The molecule has 0 bridgehead atoms. The Balaban J connectivity index is 2.55. The first-order valence-electron chi connectivity index (χ1n) is 6.60. The molecular weight excluding hydrogens is 297 g/mol. The second-order valence-corrected chi connectivity index (χ2v) is 6.76. The quantitative estimate of drug-likeness (QED) is 0.633. The second kappa shape index (κ2) is 5.45. The Bertz CT molecular complexity index is 519. The third kappa shape index (κ3) is 2.67. The van der Waals surface area contributed by atoms with Crippen LogP contribution in [0.3, 0.4) is 0 Å². The molecule has 0 aliphatic carbocycles. The molecule has 1 saturated heterocycles. The van der Waals surface area contributed by atoms with Crippen LogP contribution in [0.15, 0.2) is 11.0 Å². The van der Waals surface area contributed by atoms with Crippen LogP contribution in [-0.4, -0.2) is 31.7 Å². The number of ether oxygens (including phenoxy) is 1. The zero-order valence-electron chi connectivity index (χ0n) is 13.0. The molecule has 0 N–H and O–H groups in total. The predicted octanol–water partition coefficient (Wildman–Crippen LogP) is 2.99. The molecule has 21 heavy (non-hydrogen) atoms. The fourth-order valence-corrected chi connectivity index (χ4v) is 2.59. The topological polar surface area (TPSA) is 27.7 Å². The molecule has 3 nitrogen and oxygen atoms in total. The van der Waals surface area contributed by atoms with Gasteiger partial charge >= 0.3 is 7.12 Å². The van der Waals surface area contributed by atoms with Gasteiger partial charge in [0.1, 0.15) is 5.82 Å². The normalized spacial score (nSPS) is 19.9. The van der Waals surface area contributed by atoms with E-state index in [0.717, 1.165) is 0 Å². The van der Waals surface area contributed by atoms with Crippen molar-refractivity contribution in [2.45, 2.75) is 43.8 Å². The first kappa shape index (κ1) is 16.6. The molecule has 1 aliphatic heterocycles. The first-order chi connectivity index (χ1) is 9.64. The van der Waals surface area contributed by atoms with Crippen molar-refractivity contribution in [1.29, 1.82) is 0 Å². The molecule has 1 heterocycles. The Labute approximate surface area is 128 Å². The van der Waals surface area contributed by atoms with Gasteiger partial charge in [0.2, 0.25) is 0 Å². The molecule has 0 radical (unpaired) electrons. The minimum Gasteiger partial charge on any atom is -0.494 e. The molecule has 0 unspecified atom stereocenters. The molecule has 116 valence electrons. The Kier molecular flexibility index (Phi) is 4.30. The van der Waals surface area contributed by atoms with Gasteiger partial charge in [0.15, 0.2) is 11.6 Å². The van der Waals surface area contributed by atoms with E-state index < -0.39 is 30.0 Å². The van der Waals surface area contributed by atoms with Crippen molar-refractivity contribution in [2.24, 2.45) is 0 Å². The van der Waals surface area contributed by atoms with Crippen LogP contribution >= 0.6 is 11.8 Å². The van der Waals surface area contributed by atoms with Gasteiger partial charge in [0, 0.05) is 4.90 Å². The van der Waals surface area contributed by atoms with E-state index in [1.807, 2.05) is 27.7 Å². The van der Waals surface area contributed by atoms with Gasteiger partial charge in [-0.05, 0) is 40.0 Å². The van der Waals surface area contributed by atoms with Gasteiger partial charge in [0.05, 0.1) is 23.8 Å². The minimum atomic E-state index is -1.10. The molecule has 7 heteroatoms. The average Bonchev–Trinajstić information content (AvgIpc) is 2.58. The number of rotatable bonds is 3. The van der Waals surface area contributed by atoms with Gasteiger partial charge in [-0.15, -0.1) is 11.8 Å². The van der Waals surface area contributed by atoms with Crippen molar-refractivity contribution < 1.29 is 22.8 Å². The van der Waals surface area contributed by atoms with Crippen LogP contribution in [0.1, 0.15) is 27.7 Å². The molecule has 2 rings (SSSR count). The summed E-state index contributed by atoms with van der Waals surface area (Å²) >= 11 is 1.17. The number of methoxy groups -OCH3 is 1. The first-order valence-corrected chi connectivity index (χ1v) is 7.82. The number of hydrogen-bond acceptors (Lipinski definition) is 4. The standard InChI is InChI=1S/C14H19BF2O3S/c1-13(2)14(3,4)20-15(19-13)10-11(16)8(18-5)7-9(21-6)12(10)17/h7H,1-6H3. The summed E-state index contributed by atoms with van der Waals surface area (Å²) in [7, 11) is 0.241. The summed E-state index contributed by atoms with van der Waals surface area (Å²) < 4.78 is 45.5. The van der Waals surface area contributed by atoms with Crippen LogP contribution in [0.2, 0.25) is 0 Å². The second-order valence-electron chi connectivity index (χ2n) is 5.91. The molecule has 1 aromatic rings. The van der Waals surface area contributed by atoms with Crippen molar-refractivity contribution in [3.63, 3.8) is 0 Å². The zero-order valence-corrected chi connectivity index (χ0v) is 13.9. The maximum Gasteiger partial charge on any atom is 0.501 e. The summed E-state index contributed by atoms with van der Waals surface area (Å²) in [5, 5.41) is 0. The fourth-order valence-electron chi connectivity index (χ4n) is 2.07. The number of benzene rings is 1. The van der Waals surface area contributed by atoms with E-state index >= 15 is 0 Å². The molecule has 0 amide bonds. The molecule has 1 aromatic carbocycles. The lowest BCUT2D eigenvalue weighted by molar-refractivity contribution is 0.00578. The minimum absolute atomic E-state index is 0.0227. The Morgan fingerprint density at radius 3 is 2.05 bits per heavy atom. The molecule has 0 spiro atoms. The maximum absolute atomic E-state index is 14.5. The lowest BCUT2D eigenvalue weighted by atomic mass is 9.78. The van der Waals surface area contributed by atoms with Crippen LogP contribution in [0.4, 0.5) is 8.78 Å². The summed E-state index contributed by atoms with van der Waals surface area (Å²) in [6, 6.07) is 1.34. The number of thioether (sulfide) groups is 1. The van der Waals surface area contributed by atoms with E-state index in [1.54, 1.807) is 6.26 Å². The summed E-state index contributed by atoms with van der Waals surface area (Å²) in [4.78, 5) is 0.290. The van der Waals surface area contributed by atoms with Crippen molar-refractivity contribution >= 4 is 24.3 Å². The largest absolute Gasteiger partial charge is 0.501 e. The summed E-state index contributed by atoms with van der Waals surface area (Å²) in [6.07, 6.45) is 1.71. The molecule has 0 saturated carbocycles. The van der Waals surface area contributed by atoms with Crippen molar-refractivity contribution in [2.75, 3.05) is 13.4 Å². The van der Waals surface area contributed by atoms with E-state index in [9.17, 15) is 8.78 Å². The van der Waals surface area contributed by atoms with Gasteiger partial charge in [-0.25, -0.2) is 8.78 Å². The van der Waals surface area contributed by atoms with E-state index in [4.69, 9.17) is 14.0 Å².